The van der Waals surface area contributed by atoms with Crippen molar-refractivity contribution in [1.29, 1.82) is 0 Å². The Morgan fingerprint density at radius 1 is 0.789 bits per heavy atom. The number of anilines is 1. The Hall–Kier alpha value is -3.63. The number of hydrogen-bond donors (Lipinski definition) is 1. The van der Waals surface area contributed by atoms with Crippen LogP contribution in [0.4, 0.5) is 5.69 Å². The van der Waals surface area contributed by atoms with Gasteiger partial charge in [0.15, 0.2) is 0 Å². The van der Waals surface area contributed by atoms with Crippen molar-refractivity contribution in [2.24, 2.45) is 0 Å². The molecule has 0 radical (unpaired) electrons. The maximum atomic E-state index is 6.21. The Morgan fingerprint density at radius 3 is 2.37 bits per heavy atom. The SMILES string of the molecule is Cc1ccc(NC(=S)c2c(-c3ccc4c(c3)CCCC4)c3c4n(c(-c5ccccc5)cn24)CCCC3)cc1. The van der Waals surface area contributed by atoms with E-state index in [0.717, 1.165) is 29.3 Å². The molecule has 0 atom stereocenters. The molecule has 0 bridgehead atoms. The van der Waals surface area contributed by atoms with Crippen LogP contribution >= 0.6 is 12.2 Å². The summed E-state index contributed by atoms with van der Waals surface area (Å²) in [4.78, 5) is 0.778. The molecule has 0 saturated carbocycles. The first kappa shape index (κ1) is 23.5. The maximum absolute atomic E-state index is 6.21. The van der Waals surface area contributed by atoms with Crippen LogP contribution in [0.1, 0.15) is 53.6 Å². The standard InChI is InChI=1S/C34H33N3S/c1-23-14-18-28(19-15-23)35-33(38)32-31(27-17-16-24-9-5-6-12-26(24)21-27)29-13-7-8-20-36-30(22-37(32)34(29)36)25-10-3-2-4-11-25/h2-4,10-11,14-19,21-22H,5-9,12-13,20H2,1H3,(H,35,38). The van der Waals surface area contributed by atoms with Crippen molar-refractivity contribution in [2.75, 3.05) is 5.32 Å². The minimum absolute atomic E-state index is 0.778. The molecule has 3 aromatic carbocycles. The molecule has 4 heteroatoms. The van der Waals surface area contributed by atoms with Gasteiger partial charge < -0.3 is 9.88 Å². The van der Waals surface area contributed by atoms with Crippen LogP contribution in [-0.2, 0) is 25.8 Å². The number of fused-ring (bicyclic) bond motifs is 1. The van der Waals surface area contributed by atoms with E-state index in [1.807, 2.05) is 0 Å². The molecule has 5 aromatic rings. The smallest absolute Gasteiger partial charge is 0.128 e. The second-order valence-electron chi connectivity index (χ2n) is 10.9. The third-order valence-electron chi connectivity index (χ3n) is 8.37. The average molecular weight is 516 g/mol. The van der Waals surface area contributed by atoms with Gasteiger partial charge >= 0.3 is 0 Å². The lowest BCUT2D eigenvalue weighted by atomic mass is 9.88. The van der Waals surface area contributed by atoms with Gasteiger partial charge in [0.05, 0.1) is 11.4 Å². The summed E-state index contributed by atoms with van der Waals surface area (Å²) in [6.45, 7) is 3.14. The van der Waals surface area contributed by atoms with Gasteiger partial charge in [-0.2, -0.15) is 0 Å². The molecule has 0 unspecified atom stereocenters. The Labute approximate surface area is 230 Å². The van der Waals surface area contributed by atoms with E-state index in [0.29, 0.717) is 0 Å². The van der Waals surface area contributed by atoms with Crippen molar-refractivity contribution >= 4 is 28.5 Å². The minimum Gasteiger partial charge on any atom is -0.345 e. The summed E-state index contributed by atoms with van der Waals surface area (Å²) in [5.41, 5.74) is 14.3. The molecule has 2 aromatic heterocycles. The van der Waals surface area contributed by atoms with E-state index >= 15 is 0 Å². The zero-order valence-corrected chi connectivity index (χ0v) is 22.8. The fourth-order valence-corrected chi connectivity index (χ4v) is 6.79. The molecule has 3 nitrogen and oxygen atoms in total. The van der Waals surface area contributed by atoms with Crippen LogP contribution in [0.25, 0.3) is 28.0 Å². The van der Waals surface area contributed by atoms with Crippen molar-refractivity contribution in [3.8, 4) is 22.4 Å². The predicted molar refractivity (Wildman–Crippen MR) is 162 cm³/mol. The number of rotatable bonds is 4. The third-order valence-corrected chi connectivity index (χ3v) is 8.66. The van der Waals surface area contributed by atoms with Crippen LogP contribution in [0.15, 0.2) is 79.0 Å². The van der Waals surface area contributed by atoms with Gasteiger partial charge in [-0.1, -0.05) is 78.4 Å². The molecule has 0 fully saturated rings. The first-order valence-corrected chi connectivity index (χ1v) is 14.4. The molecule has 3 heterocycles. The van der Waals surface area contributed by atoms with Gasteiger partial charge in [0.1, 0.15) is 10.6 Å². The lowest BCUT2D eigenvalue weighted by Crippen LogP contribution is -2.14. The van der Waals surface area contributed by atoms with E-state index in [1.54, 1.807) is 0 Å². The first-order chi connectivity index (χ1) is 18.7. The van der Waals surface area contributed by atoms with E-state index < -0.39 is 0 Å². The highest BCUT2D eigenvalue weighted by atomic mass is 32.1. The van der Waals surface area contributed by atoms with E-state index in [4.69, 9.17) is 12.2 Å². The molecular formula is C34H33N3S. The van der Waals surface area contributed by atoms with Gasteiger partial charge in [0, 0.05) is 29.6 Å². The molecule has 2 aliphatic rings. The quantitative estimate of drug-likeness (QED) is 0.243. The topological polar surface area (TPSA) is 21.4 Å². The Morgan fingerprint density at radius 2 is 1.55 bits per heavy atom. The van der Waals surface area contributed by atoms with Gasteiger partial charge in [-0.15, -0.1) is 0 Å². The zero-order chi connectivity index (χ0) is 25.6. The summed E-state index contributed by atoms with van der Waals surface area (Å²) in [5.74, 6) is 0. The summed E-state index contributed by atoms with van der Waals surface area (Å²) >= 11 is 6.21. The fraction of sp³-hybridized carbons (Fsp3) is 0.265. The minimum atomic E-state index is 0.778. The van der Waals surface area contributed by atoms with Gasteiger partial charge in [0.2, 0.25) is 0 Å². The number of hydrogen-bond acceptors (Lipinski definition) is 1. The second kappa shape index (κ2) is 9.59. The molecule has 0 spiro atoms. The lowest BCUT2D eigenvalue weighted by molar-refractivity contribution is 0.647. The molecular weight excluding hydrogens is 482 g/mol. The molecule has 0 amide bonds. The average Bonchev–Trinajstić information content (AvgIpc) is 3.37. The van der Waals surface area contributed by atoms with Crippen molar-refractivity contribution in [3.05, 3.63) is 107 Å². The summed E-state index contributed by atoms with van der Waals surface area (Å²) in [5, 5.41) is 3.59. The second-order valence-corrected chi connectivity index (χ2v) is 11.3. The van der Waals surface area contributed by atoms with Gasteiger partial charge in [-0.05, 0) is 86.3 Å². The number of nitrogens with zero attached hydrogens (tertiary/aromatic N) is 2. The van der Waals surface area contributed by atoms with E-state index in [1.165, 1.54) is 88.8 Å². The Bertz CT molecular complexity index is 1650. The van der Waals surface area contributed by atoms with Gasteiger partial charge in [-0.25, -0.2) is 0 Å². The van der Waals surface area contributed by atoms with E-state index in [9.17, 15) is 0 Å². The Kier molecular flexibility index (Phi) is 5.93. The molecule has 1 aliphatic heterocycles. The van der Waals surface area contributed by atoms with E-state index in [2.05, 4.69) is 100 Å². The number of aromatic nitrogens is 2. The molecule has 1 aliphatic carbocycles. The highest BCUT2D eigenvalue weighted by Gasteiger charge is 2.28. The van der Waals surface area contributed by atoms with E-state index in [-0.39, 0.29) is 0 Å². The maximum Gasteiger partial charge on any atom is 0.128 e. The van der Waals surface area contributed by atoms with Crippen LogP contribution in [0.2, 0.25) is 0 Å². The van der Waals surface area contributed by atoms with Crippen LogP contribution in [0.5, 0.6) is 0 Å². The van der Waals surface area contributed by atoms with Crippen molar-refractivity contribution in [2.45, 2.75) is 58.4 Å². The zero-order valence-electron chi connectivity index (χ0n) is 22.0. The summed E-state index contributed by atoms with van der Waals surface area (Å²) in [6, 6.07) is 26.5. The number of benzene rings is 3. The molecule has 0 saturated heterocycles. The molecule has 190 valence electrons. The highest BCUT2D eigenvalue weighted by molar-refractivity contribution is 7.81. The monoisotopic (exact) mass is 515 g/mol. The first-order valence-electron chi connectivity index (χ1n) is 14.0. The van der Waals surface area contributed by atoms with Crippen LogP contribution in [0, 0.1) is 6.92 Å². The number of thiocarbonyl (C=S) groups is 1. The molecule has 38 heavy (non-hydrogen) atoms. The van der Waals surface area contributed by atoms with Gasteiger partial charge in [-0.3, -0.25) is 4.40 Å². The van der Waals surface area contributed by atoms with Crippen LogP contribution in [0.3, 0.4) is 0 Å². The van der Waals surface area contributed by atoms with Crippen molar-refractivity contribution in [3.63, 3.8) is 0 Å². The number of aryl methyl sites for hydroxylation is 5. The number of nitrogens with one attached hydrogen (secondary N) is 1. The van der Waals surface area contributed by atoms with Crippen molar-refractivity contribution in [1.82, 2.24) is 8.97 Å². The third kappa shape index (κ3) is 3.99. The summed E-state index contributed by atoms with van der Waals surface area (Å²) < 4.78 is 4.93. The summed E-state index contributed by atoms with van der Waals surface area (Å²) in [6.07, 6.45) is 10.7. The fourth-order valence-electron chi connectivity index (χ4n) is 6.48. The Balaban J connectivity index is 1.47. The lowest BCUT2D eigenvalue weighted by Gasteiger charge is -2.18. The number of imidazole rings is 1. The van der Waals surface area contributed by atoms with Crippen LogP contribution in [-0.4, -0.2) is 14.0 Å². The molecule has 1 N–H and O–H groups in total. The predicted octanol–water partition coefficient (Wildman–Crippen LogP) is 8.39. The largest absolute Gasteiger partial charge is 0.345 e. The highest BCUT2D eigenvalue weighted by Crippen LogP contribution is 2.41. The van der Waals surface area contributed by atoms with Crippen LogP contribution < -0.4 is 5.32 Å². The summed E-state index contributed by atoms with van der Waals surface area (Å²) in [7, 11) is 0. The van der Waals surface area contributed by atoms with Gasteiger partial charge in [0.25, 0.3) is 0 Å². The normalized spacial score (nSPS) is 14.8. The molecule has 7 rings (SSSR count). The van der Waals surface area contributed by atoms with Crippen molar-refractivity contribution < 1.29 is 0 Å².